The molecule has 0 saturated heterocycles. The molecule has 0 fully saturated rings. The van der Waals surface area contributed by atoms with Gasteiger partial charge < -0.3 is 9.47 Å². The maximum atomic E-state index is 14.2. The molecule has 0 aliphatic carbocycles. The van der Waals surface area contributed by atoms with Crippen molar-refractivity contribution in [1.82, 2.24) is 0 Å². The molecule has 0 rings (SSSR count). The Bertz CT molecular complexity index is 301. The molecule has 0 saturated carbocycles. The molecule has 0 N–H and O–H groups in total. The first-order chi connectivity index (χ1) is 10.2. The van der Waals surface area contributed by atoms with Gasteiger partial charge >= 0.3 is 0 Å². The predicted octanol–water partition coefficient (Wildman–Crippen LogP) is 4.58. The number of hydrogen-bond acceptors (Lipinski definition) is 3. The number of ether oxygens (including phenoxy) is 2. The minimum Gasteiger partial charge on any atom is -0.379 e. The minimum atomic E-state index is -1.14. The number of alkyl halides is 1. The molecule has 132 valence electrons. The highest BCUT2D eigenvalue weighted by molar-refractivity contribution is 5.80. The van der Waals surface area contributed by atoms with Gasteiger partial charge in [-0.05, 0) is 39.0 Å². The lowest BCUT2D eigenvalue weighted by Crippen LogP contribution is -2.37. The monoisotopic (exact) mass is 318 g/mol. The second-order valence-electron chi connectivity index (χ2n) is 7.23. The van der Waals surface area contributed by atoms with Crippen LogP contribution in [0.3, 0.4) is 0 Å². The van der Waals surface area contributed by atoms with Gasteiger partial charge in [0.25, 0.3) is 0 Å². The van der Waals surface area contributed by atoms with Crippen LogP contribution in [-0.2, 0) is 14.3 Å². The number of carbonyl (C=O) groups excluding carboxylic acids is 1. The molecule has 0 heterocycles. The Labute approximate surface area is 135 Å². The zero-order valence-electron chi connectivity index (χ0n) is 15.3. The van der Waals surface area contributed by atoms with Crippen LogP contribution in [-0.4, -0.2) is 37.4 Å². The molecule has 0 aromatic carbocycles. The van der Waals surface area contributed by atoms with E-state index in [9.17, 15) is 9.18 Å². The largest absolute Gasteiger partial charge is 0.379 e. The van der Waals surface area contributed by atoms with Gasteiger partial charge in [0.15, 0.2) is 0 Å². The first-order valence-corrected chi connectivity index (χ1v) is 8.55. The molecule has 3 nitrogen and oxygen atoms in total. The second kappa shape index (κ2) is 11.1. The Morgan fingerprint density at radius 2 is 1.68 bits per heavy atom. The predicted molar refractivity (Wildman–Crippen MR) is 88.9 cm³/mol. The summed E-state index contributed by atoms with van der Waals surface area (Å²) in [4.78, 5) is 11.6. The SMILES string of the molecule is CC(C)CCCOCCOC(C)(C)C(F)CCC(=O)C(C)C. The lowest BCUT2D eigenvalue weighted by Gasteiger charge is -2.29. The fourth-order valence-electron chi connectivity index (χ4n) is 2.06. The molecule has 4 heteroatoms. The molecule has 0 aliphatic heterocycles. The van der Waals surface area contributed by atoms with Gasteiger partial charge in [-0.2, -0.15) is 0 Å². The highest BCUT2D eigenvalue weighted by Crippen LogP contribution is 2.23. The zero-order valence-corrected chi connectivity index (χ0v) is 15.3. The molecule has 0 bridgehead atoms. The third-order valence-corrected chi connectivity index (χ3v) is 3.81. The van der Waals surface area contributed by atoms with Crippen molar-refractivity contribution < 1.29 is 18.7 Å². The van der Waals surface area contributed by atoms with E-state index in [1.54, 1.807) is 13.8 Å². The lowest BCUT2D eigenvalue weighted by atomic mass is 9.95. The van der Waals surface area contributed by atoms with Crippen molar-refractivity contribution in [3.8, 4) is 0 Å². The van der Waals surface area contributed by atoms with Gasteiger partial charge in [0.2, 0.25) is 0 Å². The second-order valence-corrected chi connectivity index (χ2v) is 7.23. The maximum absolute atomic E-state index is 14.2. The quantitative estimate of drug-likeness (QED) is 0.466. The number of carbonyl (C=O) groups is 1. The molecule has 0 amide bonds. The van der Waals surface area contributed by atoms with Gasteiger partial charge in [-0.25, -0.2) is 4.39 Å². The third kappa shape index (κ3) is 10.3. The van der Waals surface area contributed by atoms with Crippen LogP contribution in [0, 0.1) is 11.8 Å². The van der Waals surface area contributed by atoms with E-state index in [2.05, 4.69) is 13.8 Å². The van der Waals surface area contributed by atoms with E-state index in [0.29, 0.717) is 19.1 Å². The summed E-state index contributed by atoms with van der Waals surface area (Å²) in [6.45, 7) is 13.1. The van der Waals surface area contributed by atoms with E-state index in [0.717, 1.165) is 19.4 Å². The maximum Gasteiger partial charge on any atom is 0.135 e. The Kier molecular flexibility index (Phi) is 10.9. The minimum absolute atomic E-state index is 0.0320. The summed E-state index contributed by atoms with van der Waals surface area (Å²) in [6.07, 6.45) is 1.56. The molecule has 22 heavy (non-hydrogen) atoms. The molecule has 0 aliphatic rings. The summed E-state index contributed by atoms with van der Waals surface area (Å²) in [5, 5.41) is 0. The van der Waals surface area contributed by atoms with Gasteiger partial charge in [-0.15, -0.1) is 0 Å². The van der Waals surface area contributed by atoms with Gasteiger partial charge in [-0.1, -0.05) is 27.7 Å². The number of halogens is 1. The summed E-state index contributed by atoms with van der Waals surface area (Å²) < 4.78 is 25.3. The van der Waals surface area contributed by atoms with E-state index in [4.69, 9.17) is 9.47 Å². The van der Waals surface area contributed by atoms with E-state index in [1.165, 1.54) is 0 Å². The van der Waals surface area contributed by atoms with E-state index < -0.39 is 11.8 Å². The van der Waals surface area contributed by atoms with Crippen molar-refractivity contribution in [2.45, 2.75) is 79.0 Å². The van der Waals surface area contributed by atoms with E-state index in [1.807, 2.05) is 13.8 Å². The average molecular weight is 318 g/mol. The normalized spacial score (nSPS) is 13.9. The van der Waals surface area contributed by atoms with Crippen molar-refractivity contribution in [3.63, 3.8) is 0 Å². The molecule has 0 aromatic rings. The Hall–Kier alpha value is -0.480. The van der Waals surface area contributed by atoms with E-state index >= 15 is 0 Å². The Balaban J connectivity index is 3.81. The van der Waals surface area contributed by atoms with Crippen molar-refractivity contribution in [1.29, 1.82) is 0 Å². The van der Waals surface area contributed by atoms with Crippen LogP contribution < -0.4 is 0 Å². The summed E-state index contributed by atoms with van der Waals surface area (Å²) in [6, 6.07) is 0. The molecule has 0 spiro atoms. The molecular formula is C18H35FO3. The van der Waals surface area contributed by atoms with Gasteiger partial charge in [0.05, 0.1) is 18.8 Å². The fraction of sp³-hybridized carbons (Fsp3) is 0.944. The Morgan fingerprint density at radius 1 is 1.05 bits per heavy atom. The van der Waals surface area contributed by atoms with Crippen LogP contribution in [0.5, 0.6) is 0 Å². The first kappa shape index (κ1) is 21.5. The zero-order chi connectivity index (χ0) is 17.2. The van der Waals surface area contributed by atoms with Crippen LogP contribution in [0.15, 0.2) is 0 Å². The van der Waals surface area contributed by atoms with Crippen LogP contribution in [0.25, 0.3) is 0 Å². The highest BCUT2D eigenvalue weighted by atomic mass is 19.1. The average Bonchev–Trinajstić information content (AvgIpc) is 2.42. The topological polar surface area (TPSA) is 35.5 Å². The summed E-state index contributed by atoms with van der Waals surface area (Å²) >= 11 is 0. The third-order valence-electron chi connectivity index (χ3n) is 3.81. The fourth-order valence-corrected chi connectivity index (χ4v) is 2.06. The van der Waals surface area contributed by atoms with Crippen LogP contribution in [0.4, 0.5) is 4.39 Å². The molecule has 1 atom stereocenters. The summed E-state index contributed by atoms with van der Waals surface area (Å²) in [7, 11) is 0. The molecular weight excluding hydrogens is 283 g/mol. The van der Waals surface area contributed by atoms with E-state index in [-0.39, 0.29) is 24.5 Å². The van der Waals surface area contributed by atoms with Crippen LogP contribution in [0.1, 0.15) is 67.2 Å². The van der Waals surface area contributed by atoms with Gasteiger partial charge in [-0.3, -0.25) is 4.79 Å². The van der Waals surface area contributed by atoms with Crippen LogP contribution in [0.2, 0.25) is 0 Å². The number of ketones is 1. The lowest BCUT2D eigenvalue weighted by molar-refractivity contribution is -0.123. The molecule has 0 aromatic heterocycles. The van der Waals surface area contributed by atoms with Crippen molar-refractivity contribution >= 4 is 5.78 Å². The first-order valence-electron chi connectivity index (χ1n) is 8.55. The van der Waals surface area contributed by atoms with Gasteiger partial charge in [0.1, 0.15) is 12.0 Å². The van der Waals surface area contributed by atoms with Crippen molar-refractivity contribution in [2.75, 3.05) is 19.8 Å². The van der Waals surface area contributed by atoms with Crippen molar-refractivity contribution in [3.05, 3.63) is 0 Å². The molecule has 1 unspecified atom stereocenters. The number of Topliss-reactive ketones (excluding diaryl/α,β-unsaturated/α-hetero) is 1. The Morgan fingerprint density at radius 3 is 2.23 bits per heavy atom. The van der Waals surface area contributed by atoms with Gasteiger partial charge in [0, 0.05) is 18.9 Å². The standard InChI is InChI=1S/C18H35FO3/c1-14(2)8-7-11-21-12-13-22-18(5,6)17(19)10-9-16(20)15(3)4/h14-15,17H,7-13H2,1-6H3. The highest BCUT2D eigenvalue weighted by Gasteiger charge is 2.30. The molecule has 0 radical (unpaired) electrons. The summed E-state index contributed by atoms with van der Waals surface area (Å²) in [5.74, 6) is 0.766. The smallest absolute Gasteiger partial charge is 0.135 e. The summed E-state index contributed by atoms with van der Waals surface area (Å²) in [5.41, 5.74) is -0.876. The van der Waals surface area contributed by atoms with Crippen LogP contribution >= 0.6 is 0 Å². The van der Waals surface area contributed by atoms with Crippen molar-refractivity contribution in [2.24, 2.45) is 11.8 Å². The number of hydrogen-bond donors (Lipinski definition) is 0. The number of rotatable bonds is 13.